The van der Waals surface area contributed by atoms with Crippen molar-refractivity contribution in [1.82, 2.24) is 0 Å². The molecule has 0 radical (unpaired) electrons. The Morgan fingerprint density at radius 3 is 2.18 bits per heavy atom. The molecule has 0 aliphatic heterocycles. The zero-order chi connectivity index (χ0) is 13.6. The van der Waals surface area contributed by atoms with E-state index in [2.05, 4.69) is 4.74 Å². The Morgan fingerprint density at radius 1 is 1.29 bits per heavy atom. The molecular formula is C9H15NO7. The van der Waals surface area contributed by atoms with Gasteiger partial charge >= 0.3 is 17.9 Å². The number of aliphatic hydroxyl groups is 1. The smallest absolute Gasteiger partial charge is 0.336 e. The molecule has 2 atom stereocenters. The lowest BCUT2D eigenvalue weighted by molar-refractivity contribution is -0.173. The molecule has 0 spiro atoms. The Hall–Kier alpha value is -1.67. The van der Waals surface area contributed by atoms with E-state index in [-0.39, 0.29) is 6.54 Å². The monoisotopic (exact) mass is 249 g/mol. The summed E-state index contributed by atoms with van der Waals surface area (Å²) in [6.07, 6.45) is -2.67. The molecular weight excluding hydrogens is 234 g/mol. The van der Waals surface area contributed by atoms with Crippen molar-refractivity contribution < 1.29 is 34.4 Å². The first kappa shape index (κ1) is 15.3. The van der Waals surface area contributed by atoms with E-state index in [1.807, 2.05) is 0 Å². The minimum absolute atomic E-state index is 0.0379. The van der Waals surface area contributed by atoms with Gasteiger partial charge in [0.25, 0.3) is 0 Å². The van der Waals surface area contributed by atoms with Crippen molar-refractivity contribution in [3.8, 4) is 0 Å². The van der Waals surface area contributed by atoms with Crippen molar-refractivity contribution >= 4 is 17.9 Å². The quantitative estimate of drug-likeness (QED) is 0.401. The average molecular weight is 249 g/mol. The first-order valence-electron chi connectivity index (χ1n) is 4.78. The van der Waals surface area contributed by atoms with Gasteiger partial charge in [-0.15, -0.1) is 0 Å². The molecule has 0 aromatic carbocycles. The summed E-state index contributed by atoms with van der Waals surface area (Å²) >= 11 is 0. The highest BCUT2D eigenvalue weighted by molar-refractivity contribution is 5.88. The number of carbonyl (C=O) groups excluding carboxylic acids is 1. The number of aliphatic carboxylic acids is 2. The van der Waals surface area contributed by atoms with Crippen LogP contribution in [0.1, 0.15) is 19.8 Å². The van der Waals surface area contributed by atoms with E-state index in [1.165, 1.54) is 6.92 Å². The second-order valence-corrected chi connectivity index (χ2v) is 3.62. The standard InChI is InChI=1S/C9H15NO7/c1-5(4-10)17-7(13)3-9(16,8(14)15)2-6(11)12/h5,16H,2-4,10H2,1H3,(H,11,12)(H,14,15). The van der Waals surface area contributed by atoms with Crippen LogP contribution in [0.3, 0.4) is 0 Å². The molecule has 8 nitrogen and oxygen atoms in total. The van der Waals surface area contributed by atoms with E-state index in [9.17, 15) is 19.5 Å². The van der Waals surface area contributed by atoms with Crippen molar-refractivity contribution in [2.24, 2.45) is 5.73 Å². The zero-order valence-corrected chi connectivity index (χ0v) is 9.25. The van der Waals surface area contributed by atoms with Crippen LogP contribution in [0.25, 0.3) is 0 Å². The molecule has 5 N–H and O–H groups in total. The molecule has 0 heterocycles. The lowest BCUT2D eigenvalue weighted by Crippen LogP contribution is -2.43. The SMILES string of the molecule is CC(CN)OC(=O)CC(O)(CC(=O)O)C(=O)O. The molecule has 0 rings (SSSR count). The van der Waals surface area contributed by atoms with E-state index in [0.717, 1.165) is 0 Å². The maximum atomic E-state index is 11.2. The summed E-state index contributed by atoms with van der Waals surface area (Å²) in [5, 5.41) is 26.6. The summed E-state index contributed by atoms with van der Waals surface area (Å²) in [6, 6.07) is 0. The van der Waals surface area contributed by atoms with Crippen LogP contribution < -0.4 is 5.73 Å². The molecule has 0 saturated carbocycles. The highest BCUT2D eigenvalue weighted by Gasteiger charge is 2.41. The maximum absolute atomic E-state index is 11.2. The Kier molecular flexibility index (Phi) is 5.56. The first-order chi connectivity index (χ1) is 7.71. The molecule has 0 saturated heterocycles. The molecule has 98 valence electrons. The summed E-state index contributed by atoms with van der Waals surface area (Å²) in [6.45, 7) is 1.52. The minimum Gasteiger partial charge on any atom is -0.481 e. The summed E-state index contributed by atoms with van der Waals surface area (Å²) in [7, 11) is 0. The highest BCUT2D eigenvalue weighted by atomic mass is 16.5. The Labute approximate surface area is 97.0 Å². The van der Waals surface area contributed by atoms with E-state index >= 15 is 0 Å². The van der Waals surface area contributed by atoms with Gasteiger partial charge in [0, 0.05) is 6.54 Å². The second-order valence-electron chi connectivity index (χ2n) is 3.62. The predicted octanol–water partition coefficient (Wildman–Crippen LogP) is -1.44. The zero-order valence-electron chi connectivity index (χ0n) is 9.25. The van der Waals surface area contributed by atoms with E-state index in [4.69, 9.17) is 15.9 Å². The van der Waals surface area contributed by atoms with Gasteiger partial charge < -0.3 is 25.8 Å². The molecule has 0 bridgehead atoms. The molecule has 2 unspecified atom stereocenters. The number of esters is 1. The Morgan fingerprint density at radius 2 is 1.82 bits per heavy atom. The van der Waals surface area contributed by atoms with Gasteiger partial charge in [0.2, 0.25) is 0 Å². The lowest BCUT2D eigenvalue weighted by Gasteiger charge is -2.21. The fraction of sp³-hybridized carbons (Fsp3) is 0.667. The predicted molar refractivity (Wildman–Crippen MR) is 54.1 cm³/mol. The van der Waals surface area contributed by atoms with Gasteiger partial charge in [0.15, 0.2) is 5.60 Å². The number of nitrogens with two attached hydrogens (primary N) is 1. The third kappa shape index (κ3) is 5.27. The first-order valence-corrected chi connectivity index (χ1v) is 4.78. The van der Waals surface area contributed by atoms with Crippen molar-refractivity contribution in [2.45, 2.75) is 31.5 Å². The van der Waals surface area contributed by atoms with Crippen LogP contribution in [0.15, 0.2) is 0 Å². The fourth-order valence-electron chi connectivity index (χ4n) is 1.02. The molecule has 0 aromatic heterocycles. The average Bonchev–Trinajstić information content (AvgIpc) is 2.15. The number of rotatable bonds is 7. The number of carboxylic acid groups (broad SMARTS) is 2. The van der Waals surface area contributed by atoms with Crippen LogP contribution in [0.2, 0.25) is 0 Å². The number of carbonyl (C=O) groups is 3. The lowest BCUT2D eigenvalue weighted by atomic mass is 9.96. The van der Waals surface area contributed by atoms with E-state index in [1.54, 1.807) is 0 Å². The van der Waals surface area contributed by atoms with Crippen molar-refractivity contribution in [1.29, 1.82) is 0 Å². The molecule has 17 heavy (non-hydrogen) atoms. The largest absolute Gasteiger partial charge is 0.481 e. The van der Waals surface area contributed by atoms with Gasteiger partial charge in [-0.05, 0) is 6.92 Å². The number of carboxylic acids is 2. The third-order valence-electron chi connectivity index (χ3n) is 1.94. The molecule has 0 aliphatic carbocycles. The number of ether oxygens (including phenoxy) is 1. The second kappa shape index (κ2) is 6.16. The van der Waals surface area contributed by atoms with Crippen LogP contribution in [-0.2, 0) is 19.1 Å². The van der Waals surface area contributed by atoms with Crippen LogP contribution in [-0.4, -0.2) is 51.5 Å². The maximum Gasteiger partial charge on any atom is 0.336 e. The van der Waals surface area contributed by atoms with Crippen LogP contribution >= 0.6 is 0 Å². The van der Waals surface area contributed by atoms with Crippen molar-refractivity contribution in [3.63, 3.8) is 0 Å². The minimum atomic E-state index is -2.67. The Balaban J connectivity index is 4.60. The van der Waals surface area contributed by atoms with Crippen LogP contribution in [0, 0.1) is 0 Å². The Bertz CT molecular complexity index is 316. The van der Waals surface area contributed by atoms with E-state index < -0.39 is 42.5 Å². The molecule has 0 fully saturated rings. The van der Waals surface area contributed by atoms with Gasteiger partial charge in [-0.2, -0.15) is 0 Å². The molecule has 0 aliphatic rings. The normalized spacial score (nSPS) is 15.7. The molecule has 0 amide bonds. The van der Waals surface area contributed by atoms with Gasteiger partial charge in [-0.3, -0.25) is 9.59 Å². The molecule has 8 heteroatoms. The number of hydrogen-bond donors (Lipinski definition) is 4. The fourth-order valence-corrected chi connectivity index (χ4v) is 1.02. The summed E-state index contributed by atoms with van der Waals surface area (Å²) in [5.74, 6) is -4.35. The van der Waals surface area contributed by atoms with Gasteiger partial charge in [0.05, 0.1) is 12.8 Å². The van der Waals surface area contributed by atoms with Crippen LogP contribution in [0.5, 0.6) is 0 Å². The van der Waals surface area contributed by atoms with Crippen LogP contribution in [0.4, 0.5) is 0 Å². The van der Waals surface area contributed by atoms with Crippen molar-refractivity contribution in [2.75, 3.05) is 6.54 Å². The van der Waals surface area contributed by atoms with E-state index in [0.29, 0.717) is 0 Å². The van der Waals surface area contributed by atoms with Gasteiger partial charge in [-0.25, -0.2) is 4.79 Å². The summed E-state index contributed by atoms with van der Waals surface area (Å²) < 4.78 is 4.65. The summed E-state index contributed by atoms with van der Waals surface area (Å²) in [4.78, 5) is 32.3. The highest BCUT2D eigenvalue weighted by Crippen LogP contribution is 2.17. The van der Waals surface area contributed by atoms with Crippen molar-refractivity contribution in [3.05, 3.63) is 0 Å². The van der Waals surface area contributed by atoms with Gasteiger partial charge in [0.1, 0.15) is 6.10 Å². The third-order valence-corrected chi connectivity index (χ3v) is 1.94. The van der Waals surface area contributed by atoms with Gasteiger partial charge in [-0.1, -0.05) is 0 Å². The molecule has 0 aromatic rings. The number of hydrogen-bond acceptors (Lipinski definition) is 6. The topological polar surface area (TPSA) is 147 Å². The summed E-state index contributed by atoms with van der Waals surface area (Å²) in [5.41, 5.74) is 2.51.